The molecule has 1 aromatic carbocycles. The summed E-state index contributed by atoms with van der Waals surface area (Å²) >= 11 is 0. The van der Waals surface area contributed by atoms with Crippen molar-refractivity contribution in [2.45, 2.75) is 39.2 Å². The Morgan fingerprint density at radius 3 is 2.72 bits per heavy atom. The highest BCUT2D eigenvalue weighted by atomic mass is 16.2. The number of benzene rings is 1. The average Bonchev–Trinajstić information content (AvgIpc) is 3.30. The Labute approximate surface area is 170 Å². The molecule has 0 bridgehead atoms. The Morgan fingerprint density at radius 1 is 1.17 bits per heavy atom. The van der Waals surface area contributed by atoms with Gasteiger partial charge in [-0.05, 0) is 38.8 Å². The number of nitrogens with one attached hydrogen (secondary N) is 2. The van der Waals surface area contributed by atoms with Crippen LogP contribution in [0, 0.1) is 0 Å². The minimum Gasteiger partial charge on any atom is -0.356 e. The highest BCUT2D eigenvalue weighted by Gasteiger charge is 2.20. The van der Waals surface area contributed by atoms with Gasteiger partial charge < -0.3 is 15.5 Å². The summed E-state index contributed by atoms with van der Waals surface area (Å²) in [4.78, 5) is 27.4. The summed E-state index contributed by atoms with van der Waals surface area (Å²) in [6.07, 6.45) is 4.11. The molecule has 0 atom stereocenters. The first kappa shape index (κ1) is 19.2. The van der Waals surface area contributed by atoms with Crippen LogP contribution in [0.15, 0.2) is 36.7 Å². The van der Waals surface area contributed by atoms with Gasteiger partial charge in [0.1, 0.15) is 6.33 Å². The average molecular weight is 393 g/mol. The number of hydrogen-bond donors (Lipinski definition) is 2. The van der Waals surface area contributed by atoms with E-state index in [-0.39, 0.29) is 11.9 Å². The number of carbonyl (C=O) groups excluding carboxylic acids is 1. The summed E-state index contributed by atoms with van der Waals surface area (Å²) in [5, 5.41) is 6.77. The molecular weight excluding hydrogens is 366 g/mol. The monoisotopic (exact) mass is 393 g/mol. The van der Waals surface area contributed by atoms with E-state index in [9.17, 15) is 4.79 Å². The number of hydrogen-bond acceptors (Lipinski definition) is 6. The van der Waals surface area contributed by atoms with Gasteiger partial charge in [0.2, 0.25) is 11.9 Å². The molecule has 2 aromatic heterocycles. The molecule has 152 valence electrons. The van der Waals surface area contributed by atoms with Crippen LogP contribution in [0.2, 0.25) is 0 Å². The second-order valence-electron chi connectivity index (χ2n) is 7.55. The number of aromatic nitrogens is 4. The molecular formula is C21H27N7O. The van der Waals surface area contributed by atoms with Crippen molar-refractivity contribution < 1.29 is 4.79 Å². The van der Waals surface area contributed by atoms with Gasteiger partial charge in [-0.15, -0.1) is 0 Å². The van der Waals surface area contributed by atoms with Crippen molar-refractivity contribution in [1.29, 1.82) is 0 Å². The SMILES string of the molecule is CC(C)n1c(NCCCN2CCCC2=O)nc2c(Nc3ccccc3)ncnc21. The maximum atomic E-state index is 11.8. The molecule has 0 saturated carbocycles. The van der Waals surface area contributed by atoms with E-state index < -0.39 is 0 Å². The Bertz CT molecular complexity index is 983. The topological polar surface area (TPSA) is 88.0 Å². The van der Waals surface area contributed by atoms with Gasteiger partial charge in [-0.25, -0.2) is 15.0 Å². The van der Waals surface area contributed by atoms with Crippen molar-refractivity contribution in [3.05, 3.63) is 36.7 Å². The highest BCUT2D eigenvalue weighted by Crippen LogP contribution is 2.28. The van der Waals surface area contributed by atoms with Crippen LogP contribution in [-0.4, -0.2) is 50.0 Å². The van der Waals surface area contributed by atoms with Crippen molar-refractivity contribution in [2.24, 2.45) is 0 Å². The van der Waals surface area contributed by atoms with E-state index in [1.165, 1.54) is 0 Å². The molecule has 0 unspecified atom stereocenters. The van der Waals surface area contributed by atoms with E-state index in [2.05, 4.69) is 39.0 Å². The lowest BCUT2D eigenvalue weighted by atomic mass is 10.3. The van der Waals surface area contributed by atoms with Crippen LogP contribution in [0.1, 0.15) is 39.2 Å². The van der Waals surface area contributed by atoms with Gasteiger partial charge in [0.05, 0.1) is 0 Å². The minimum atomic E-state index is 0.196. The number of rotatable bonds is 8. The van der Waals surface area contributed by atoms with Gasteiger partial charge in [0.15, 0.2) is 17.0 Å². The number of fused-ring (bicyclic) bond motifs is 1. The third-order valence-electron chi connectivity index (χ3n) is 5.09. The van der Waals surface area contributed by atoms with Gasteiger partial charge in [-0.1, -0.05) is 18.2 Å². The molecule has 3 aromatic rings. The molecule has 1 fully saturated rings. The number of para-hydroxylation sites is 1. The molecule has 8 heteroatoms. The lowest BCUT2D eigenvalue weighted by molar-refractivity contribution is -0.127. The van der Waals surface area contributed by atoms with Crippen LogP contribution in [0.3, 0.4) is 0 Å². The number of amides is 1. The lowest BCUT2D eigenvalue weighted by Crippen LogP contribution is -2.27. The molecule has 1 aliphatic heterocycles. The van der Waals surface area contributed by atoms with Crippen LogP contribution in [-0.2, 0) is 4.79 Å². The summed E-state index contributed by atoms with van der Waals surface area (Å²) in [5.41, 5.74) is 2.49. The molecule has 8 nitrogen and oxygen atoms in total. The van der Waals surface area contributed by atoms with Crippen molar-refractivity contribution in [1.82, 2.24) is 24.4 Å². The molecule has 29 heavy (non-hydrogen) atoms. The smallest absolute Gasteiger partial charge is 0.222 e. The zero-order chi connectivity index (χ0) is 20.2. The van der Waals surface area contributed by atoms with Crippen LogP contribution in [0.4, 0.5) is 17.5 Å². The van der Waals surface area contributed by atoms with Crippen molar-refractivity contribution in [3.8, 4) is 0 Å². The van der Waals surface area contributed by atoms with Crippen LogP contribution in [0.25, 0.3) is 11.2 Å². The third kappa shape index (κ3) is 4.16. The van der Waals surface area contributed by atoms with Crippen LogP contribution in [0.5, 0.6) is 0 Å². The second kappa shape index (κ2) is 8.46. The highest BCUT2D eigenvalue weighted by molar-refractivity contribution is 5.87. The number of nitrogens with zero attached hydrogens (tertiary/aromatic N) is 5. The number of carbonyl (C=O) groups is 1. The molecule has 1 saturated heterocycles. The molecule has 4 rings (SSSR count). The Kier molecular flexibility index (Phi) is 5.59. The second-order valence-corrected chi connectivity index (χ2v) is 7.55. The number of imidazole rings is 1. The molecule has 0 radical (unpaired) electrons. The summed E-state index contributed by atoms with van der Waals surface area (Å²) in [5.74, 6) is 1.73. The maximum Gasteiger partial charge on any atom is 0.222 e. The maximum absolute atomic E-state index is 11.8. The van der Waals surface area contributed by atoms with Crippen molar-refractivity contribution >= 4 is 34.5 Å². The predicted octanol–water partition coefficient (Wildman–Crippen LogP) is 3.58. The van der Waals surface area contributed by atoms with Crippen LogP contribution < -0.4 is 10.6 Å². The Balaban J connectivity index is 1.52. The largest absolute Gasteiger partial charge is 0.356 e. The van der Waals surface area contributed by atoms with Gasteiger partial charge in [-0.2, -0.15) is 0 Å². The number of likely N-dealkylation sites (tertiary alicyclic amines) is 1. The zero-order valence-corrected chi connectivity index (χ0v) is 16.9. The van der Waals surface area contributed by atoms with Crippen LogP contribution >= 0.6 is 0 Å². The fourth-order valence-electron chi connectivity index (χ4n) is 3.68. The molecule has 0 aliphatic carbocycles. The fraction of sp³-hybridized carbons (Fsp3) is 0.429. The van der Waals surface area contributed by atoms with Crippen molar-refractivity contribution in [3.63, 3.8) is 0 Å². The van der Waals surface area contributed by atoms with E-state index in [1.807, 2.05) is 35.2 Å². The minimum absolute atomic E-state index is 0.196. The summed E-state index contributed by atoms with van der Waals surface area (Å²) in [6.45, 7) is 6.64. The fourth-order valence-corrected chi connectivity index (χ4v) is 3.68. The first-order chi connectivity index (χ1) is 14.1. The first-order valence-corrected chi connectivity index (χ1v) is 10.2. The van der Waals surface area contributed by atoms with Gasteiger partial charge in [0.25, 0.3) is 0 Å². The summed E-state index contributed by atoms with van der Waals surface area (Å²) < 4.78 is 2.09. The van der Waals surface area contributed by atoms with E-state index in [1.54, 1.807) is 6.33 Å². The third-order valence-corrected chi connectivity index (χ3v) is 5.09. The standard InChI is InChI=1S/C21H27N7O/c1-15(2)28-20-18(19(23-14-24-20)25-16-8-4-3-5-9-16)26-21(28)22-11-7-13-27-12-6-10-17(27)29/h3-5,8-9,14-15H,6-7,10-13H2,1-2H3,(H,22,26)(H,23,24,25). The van der Waals surface area contributed by atoms with Crippen molar-refractivity contribution in [2.75, 3.05) is 30.3 Å². The van der Waals surface area contributed by atoms with Gasteiger partial charge >= 0.3 is 0 Å². The lowest BCUT2D eigenvalue weighted by Gasteiger charge is -2.16. The van der Waals surface area contributed by atoms with Gasteiger partial charge in [-0.3, -0.25) is 9.36 Å². The molecule has 1 amide bonds. The Morgan fingerprint density at radius 2 is 2.00 bits per heavy atom. The first-order valence-electron chi connectivity index (χ1n) is 10.2. The van der Waals surface area contributed by atoms with Gasteiger partial charge in [0, 0.05) is 37.8 Å². The molecule has 0 spiro atoms. The quantitative estimate of drug-likeness (QED) is 0.569. The predicted molar refractivity (Wildman–Crippen MR) is 114 cm³/mol. The molecule has 3 heterocycles. The zero-order valence-electron chi connectivity index (χ0n) is 16.9. The number of anilines is 3. The van der Waals surface area contributed by atoms with E-state index >= 15 is 0 Å². The normalized spacial score (nSPS) is 14.2. The van der Waals surface area contributed by atoms with E-state index in [4.69, 9.17) is 4.98 Å². The van der Waals surface area contributed by atoms with E-state index in [0.717, 1.165) is 55.3 Å². The summed E-state index contributed by atoms with van der Waals surface area (Å²) in [6, 6.07) is 10.1. The molecule has 1 aliphatic rings. The molecule has 2 N–H and O–H groups in total. The van der Waals surface area contributed by atoms with E-state index in [0.29, 0.717) is 12.2 Å². The Hall–Kier alpha value is -3.16. The summed E-state index contributed by atoms with van der Waals surface area (Å²) in [7, 11) is 0.